The lowest BCUT2D eigenvalue weighted by molar-refractivity contribution is -0.114. The summed E-state index contributed by atoms with van der Waals surface area (Å²) in [6.45, 7) is 1.33. The van der Waals surface area contributed by atoms with Crippen molar-refractivity contribution in [3.05, 3.63) is 71.8 Å². The van der Waals surface area contributed by atoms with Gasteiger partial charge < -0.3 is 15.4 Å². The highest BCUT2D eigenvalue weighted by atomic mass is 35.5. The summed E-state index contributed by atoms with van der Waals surface area (Å²) in [5, 5.41) is 5.50. The molecule has 0 radical (unpaired) electrons. The molecule has 2 N–H and O–H groups in total. The predicted octanol–water partition coefficient (Wildman–Crippen LogP) is 4.62. The number of aromatic nitrogens is 2. The van der Waals surface area contributed by atoms with Crippen molar-refractivity contribution >= 4 is 67.6 Å². The molecule has 0 unspecified atom stereocenters. The van der Waals surface area contributed by atoms with E-state index < -0.39 is 10.0 Å². The molecule has 2 amide bonds. The molecule has 36 heavy (non-hydrogen) atoms. The van der Waals surface area contributed by atoms with E-state index in [1.165, 1.54) is 32.2 Å². The third-order valence-corrected chi connectivity index (χ3v) is 8.06. The highest BCUT2D eigenvalue weighted by Crippen LogP contribution is 2.32. The zero-order chi connectivity index (χ0) is 25.9. The summed E-state index contributed by atoms with van der Waals surface area (Å²) in [6.07, 6.45) is 0. The van der Waals surface area contributed by atoms with Gasteiger partial charge in [-0.05, 0) is 42.5 Å². The fourth-order valence-electron chi connectivity index (χ4n) is 3.42. The average molecular weight is 545 g/mol. The summed E-state index contributed by atoms with van der Waals surface area (Å²) in [7, 11) is -2.65. The van der Waals surface area contributed by atoms with Gasteiger partial charge in [-0.2, -0.15) is 0 Å². The Hall–Kier alpha value is -3.54. The Morgan fingerprint density at radius 2 is 1.75 bits per heavy atom. The maximum Gasteiger partial charge on any atom is 0.270 e. The molecule has 0 bridgehead atoms. The van der Waals surface area contributed by atoms with Gasteiger partial charge in [0.05, 0.1) is 45.2 Å². The number of anilines is 2. The van der Waals surface area contributed by atoms with Crippen LogP contribution in [0.15, 0.2) is 76.8 Å². The van der Waals surface area contributed by atoms with Crippen LogP contribution in [-0.2, 0) is 19.6 Å². The first kappa shape index (κ1) is 25.5. The first-order valence-electron chi connectivity index (χ1n) is 10.6. The van der Waals surface area contributed by atoms with Crippen LogP contribution in [0.4, 0.5) is 11.4 Å². The number of hydrogen-bond donors (Lipinski definition) is 2. The lowest BCUT2D eigenvalue weighted by Crippen LogP contribution is -2.17. The Labute approximate surface area is 216 Å². The third-order valence-electron chi connectivity index (χ3n) is 4.99. The third kappa shape index (κ3) is 5.32. The maximum atomic E-state index is 13.7. The second-order valence-electron chi connectivity index (χ2n) is 7.51. The predicted molar refractivity (Wildman–Crippen MR) is 140 cm³/mol. The van der Waals surface area contributed by atoms with Crippen LogP contribution in [0, 0.1) is 0 Å². The summed E-state index contributed by atoms with van der Waals surface area (Å²) >= 11 is 7.21. The number of ether oxygens (including phenoxy) is 1. The fraction of sp³-hybridized carbons (Fsp3) is 0.125. The Morgan fingerprint density at radius 3 is 2.47 bits per heavy atom. The van der Waals surface area contributed by atoms with Crippen LogP contribution in [0.1, 0.15) is 6.92 Å². The molecular formula is C24H21ClN4O5S2. The summed E-state index contributed by atoms with van der Waals surface area (Å²) < 4.78 is 33.7. The highest BCUT2D eigenvalue weighted by Gasteiger charge is 2.26. The number of benzene rings is 3. The van der Waals surface area contributed by atoms with E-state index in [2.05, 4.69) is 15.6 Å². The van der Waals surface area contributed by atoms with E-state index in [0.717, 1.165) is 15.7 Å². The minimum Gasteiger partial charge on any atom is -0.495 e. The van der Waals surface area contributed by atoms with Crippen LogP contribution in [0.25, 0.3) is 11.0 Å². The molecule has 0 aliphatic carbocycles. The van der Waals surface area contributed by atoms with E-state index in [0.29, 0.717) is 28.2 Å². The number of amides is 2. The minimum atomic E-state index is -4.15. The molecule has 1 aromatic heterocycles. The monoisotopic (exact) mass is 544 g/mol. The van der Waals surface area contributed by atoms with E-state index in [-0.39, 0.29) is 32.6 Å². The van der Waals surface area contributed by atoms with Crippen LogP contribution in [0.3, 0.4) is 0 Å². The molecule has 0 atom stereocenters. The van der Waals surface area contributed by atoms with Gasteiger partial charge in [-0.25, -0.2) is 17.4 Å². The molecule has 12 heteroatoms. The number of nitrogens with zero attached hydrogens (tertiary/aromatic N) is 2. The zero-order valence-corrected chi connectivity index (χ0v) is 21.6. The van der Waals surface area contributed by atoms with E-state index in [1.807, 2.05) is 0 Å². The molecule has 0 aliphatic rings. The van der Waals surface area contributed by atoms with Crippen molar-refractivity contribution in [3.63, 3.8) is 0 Å². The molecule has 4 aromatic rings. The fourth-order valence-corrected chi connectivity index (χ4v) is 6.26. The Morgan fingerprint density at radius 1 is 1.03 bits per heavy atom. The number of imidazole rings is 1. The van der Waals surface area contributed by atoms with Crippen molar-refractivity contribution in [2.24, 2.45) is 0 Å². The number of hydrogen-bond acceptors (Lipinski definition) is 7. The van der Waals surface area contributed by atoms with Gasteiger partial charge in [-0.15, -0.1) is 0 Å². The zero-order valence-electron chi connectivity index (χ0n) is 19.2. The molecule has 0 saturated carbocycles. The lowest BCUT2D eigenvalue weighted by atomic mass is 10.3. The van der Waals surface area contributed by atoms with Crippen LogP contribution >= 0.6 is 23.4 Å². The molecule has 4 rings (SSSR count). The van der Waals surface area contributed by atoms with Crippen molar-refractivity contribution in [2.75, 3.05) is 23.5 Å². The summed E-state index contributed by atoms with van der Waals surface area (Å²) in [5.41, 5.74) is 1.60. The van der Waals surface area contributed by atoms with Gasteiger partial charge in [0.2, 0.25) is 11.8 Å². The standard InChI is InChI=1S/C24H21ClN4O5S2/c1-15(30)26-18-12-11-16(13-17(18)25)36(32,33)29-21-9-5-3-7-19(21)28-24(29)35-14-23(31)27-20-8-4-6-10-22(20)34-2/h3-13H,14H2,1-2H3,(H,26,30)(H,27,31). The number of rotatable bonds is 8. The van der Waals surface area contributed by atoms with Crippen molar-refractivity contribution in [1.82, 2.24) is 8.96 Å². The largest absolute Gasteiger partial charge is 0.495 e. The van der Waals surface area contributed by atoms with Crippen molar-refractivity contribution < 1.29 is 22.7 Å². The number of fused-ring (bicyclic) bond motifs is 1. The van der Waals surface area contributed by atoms with E-state index in [9.17, 15) is 18.0 Å². The number of carbonyl (C=O) groups is 2. The maximum absolute atomic E-state index is 13.7. The van der Waals surface area contributed by atoms with Gasteiger partial charge in [0.25, 0.3) is 10.0 Å². The topological polar surface area (TPSA) is 119 Å². The second-order valence-corrected chi connectivity index (χ2v) is 10.6. The molecule has 186 valence electrons. The van der Waals surface area contributed by atoms with Gasteiger partial charge in [-0.3, -0.25) is 9.59 Å². The lowest BCUT2D eigenvalue weighted by Gasteiger charge is -2.13. The van der Waals surface area contributed by atoms with Gasteiger partial charge in [0.1, 0.15) is 5.75 Å². The molecule has 0 spiro atoms. The first-order valence-corrected chi connectivity index (χ1v) is 13.4. The molecule has 3 aromatic carbocycles. The molecular weight excluding hydrogens is 524 g/mol. The molecule has 1 heterocycles. The van der Waals surface area contributed by atoms with E-state index in [1.54, 1.807) is 48.5 Å². The van der Waals surface area contributed by atoms with Crippen molar-refractivity contribution in [1.29, 1.82) is 0 Å². The van der Waals surface area contributed by atoms with E-state index >= 15 is 0 Å². The Bertz CT molecular complexity index is 1570. The summed E-state index contributed by atoms with van der Waals surface area (Å²) in [6, 6.07) is 17.8. The van der Waals surface area contributed by atoms with Crippen LogP contribution < -0.4 is 15.4 Å². The molecule has 0 fully saturated rings. The SMILES string of the molecule is COc1ccccc1NC(=O)CSc1nc2ccccc2n1S(=O)(=O)c1ccc(NC(C)=O)c(Cl)c1. The molecule has 0 aliphatic heterocycles. The van der Waals surface area contributed by atoms with Gasteiger partial charge >= 0.3 is 0 Å². The molecule has 0 saturated heterocycles. The van der Waals surface area contributed by atoms with Crippen molar-refractivity contribution in [2.45, 2.75) is 17.0 Å². The number of methoxy groups -OCH3 is 1. The Kier molecular flexibility index (Phi) is 7.53. The normalized spacial score (nSPS) is 11.3. The van der Waals surface area contributed by atoms with Gasteiger partial charge in [0, 0.05) is 6.92 Å². The summed E-state index contributed by atoms with van der Waals surface area (Å²) in [5.74, 6) is -0.286. The smallest absolute Gasteiger partial charge is 0.270 e. The number of nitrogens with one attached hydrogen (secondary N) is 2. The van der Waals surface area contributed by atoms with Crippen LogP contribution in [-0.4, -0.2) is 42.1 Å². The average Bonchev–Trinajstić information content (AvgIpc) is 3.23. The number of para-hydroxylation sites is 4. The van der Waals surface area contributed by atoms with Crippen LogP contribution in [0.2, 0.25) is 5.02 Å². The second kappa shape index (κ2) is 10.6. The molecule has 9 nitrogen and oxygen atoms in total. The van der Waals surface area contributed by atoms with Gasteiger partial charge in [-0.1, -0.05) is 47.6 Å². The minimum absolute atomic E-state index is 0.0704. The van der Waals surface area contributed by atoms with Crippen molar-refractivity contribution in [3.8, 4) is 5.75 Å². The van der Waals surface area contributed by atoms with Crippen LogP contribution in [0.5, 0.6) is 5.75 Å². The number of halogens is 1. The quantitative estimate of drug-likeness (QED) is 0.310. The number of thioether (sulfide) groups is 1. The Balaban J connectivity index is 1.66. The first-order chi connectivity index (χ1) is 17.2. The summed E-state index contributed by atoms with van der Waals surface area (Å²) in [4.78, 5) is 28.4. The van der Waals surface area contributed by atoms with E-state index in [4.69, 9.17) is 16.3 Å². The highest BCUT2D eigenvalue weighted by molar-refractivity contribution is 8.00. The number of carbonyl (C=O) groups excluding carboxylic acids is 2. The van der Waals surface area contributed by atoms with Gasteiger partial charge in [0.15, 0.2) is 5.16 Å².